The van der Waals surface area contributed by atoms with Gasteiger partial charge in [0.1, 0.15) is 5.78 Å². The lowest BCUT2D eigenvalue weighted by molar-refractivity contribution is -0.130. The average molecular weight is 181 g/mol. The molecule has 0 spiro atoms. The smallest absolute Gasteiger partial charge is 0.229 e. The highest BCUT2D eigenvalue weighted by atomic mass is 16.2. The van der Waals surface area contributed by atoms with Gasteiger partial charge in [-0.05, 0) is 13.3 Å². The minimum absolute atomic E-state index is 0.0412. The number of nitrogens with zero attached hydrogens (tertiary/aromatic N) is 1. The Morgan fingerprint density at radius 3 is 2.69 bits per heavy atom. The summed E-state index contributed by atoms with van der Waals surface area (Å²) in [6.07, 6.45) is 1.16. The van der Waals surface area contributed by atoms with Gasteiger partial charge in [-0.1, -0.05) is 13.5 Å². The molecular formula is C10H15NO2. The van der Waals surface area contributed by atoms with E-state index in [-0.39, 0.29) is 17.6 Å². The molecule has 13 heavy (non-hydrogen) atoms. The van der Waals surface area contributed by atoms with E-state index in [1.54, 1.807) is 4.90 Å². The number of amides is 1. The molecule has 0 aromatic carbocycles. The molecule has 1 atom stereocenters. The summed E-state index contributed by atoms with van der Waals surface area (Å²) in [6, 6.07) is 0. The van der Waals surface area contributed by atoms with E-state index in [4.69, 9.17) is 0 Å². The molecule has 1 rings (SSSR count). The lowest BCUT2D eigenvalue weighted by Gasteiger charge is -2.16. The Kier molecular flexibility index (Phi) is 2.86. The summed E-state index contributed by atoms with van der Waals surface area (Å²) in [7, 11) is 0. The van der Waals surface area contributed by atoms with Crippen molar-refractivity contribution in [1.29, 1.82) is 0 Å². The minimum Gasteiger partial charge on any atom is -0.316 e. The summed E-state index contributed by atoms with van der Waals surface area (Å²) in [5.41, 5.74) is 0.846. The molecule has 1 heterocycles. The third-order valence-corrected chi connectivity index (χ3v) is 2.30. The number of ketones is 1. The standard InChI is InChI=1S/C10H15NO2/c1-7-6-8(2)11(10(7)13)5-4-9(3)12/h7H,2,4-6H2,1,3H3. The molecule has 0 radical (unpaired) electrons. The maximum absolute atomic E-state index is 11.5. The molecule has 0 bridgehead atoms. The maximum atomic E-state index is 11.5. The molecule has 1 unspecified atom stereocenters. The molecule has 0 aliphatic carbocycles. The first kappa shape index (κ1) is 9.96. The van der Waals surface area contributed by atoms with Crippen LogP contribution < -0.4 is 0 Å². The van der Waals surface area contributed by atoms with Crippen LogP contribution in [0.3, 0.4) is 0 Å². The third kappa shape index (κ3) is 2.17. The van der Waals surface area contributed by atoms with E-state index >= 15 is 0 Å². The Balaban J connectivity index is 2.54. The van der Waals surface area contributed by atoms with Crippen LogP contribution in [-0.2, 0) is 9.59 Å². The largest absolute Gasteiger partial charge is 0.316 e. The maximum Gasteiger partial charge on any atom is 0.229 e. The van der Waals surface area contributed by atoms with Gasteiger partial charge in [-0.25, -0.2) is 0 Å². The zero-order valence-corrected chi connectivity index (χ0v) is 8.17. The molecule has 0 aromatic rings. The molecule has 1 fully saturated rings. The lowest BCUT2D eigenvalue weighted by atomic mass is 10.1. The molecule has 1 saturated heterocycles. The van der Waals surface area contributed by atoms with Gasteiger partial charge in [-0.15, -0.1) is 0 Å². The number of likely N-dealkylation sites (tertiary alicyclic amines) is 1. The zero-order chi connectivity index (χ0) is 10.0. The van der Waals surface area contributed by atoms with Crippen molar-refractivity contribution < 1.29 is 9.59 Å². The van der Waals surface area contributed by atoms with Gasteiger partial charge in [-0.3, -0.25) is 9.59 Å². The Morgan fingerprint density at radius 2 is 2.31 bits per heavy atom. The van der Waals surface area contributed by atoms with Gasteiger partial charge in [0.2, 0.25) is 5.91 Å². The molecule has 1 amide bonds. The molecule has 0 saturated carbocycles. The number of Topliss-reactive ketones (excluding diaryl/α,β-unsaturated/α-hetero) is 1. The van der Waals surface area contributed by atoms with Crippen LogP contribution in [0.15, 0.2) is 12.3 Å². The van der Waals surface area contributed by atoms with E-state index in [0.717, 1.165) is 12.1 Å². The highest BCUT2D eigenvalue weighted by molar-refractivity contribution is 5.84. The number of hydrogen-bond donors (Lipinski definition) is 0. The second-order valence-electron chi connectivity index (χ2n) is 3.61. The summed E-state index contributed by atoms with van der Waals surface area (Å²) in [6.45, 7) is 7.73. The van der Waals surface area contributed by atoms with E-state index < -0.39 is 0 Å². The second-order valence-corrected chi connectivity index (χ2v) is 3.61. The number of carbonyl (C=O) groups is 2. The quantitative estimate of drug-likeness (QED) is 0.659. The Hall–Kier alpha value is -1.12. The van der Waals surface area contributed by atoms with Crippen molar-refractivity contribution in [2.45, 2.75) is 26.7 Å². The van der Waals surface area contributed by atoms with Gasteiger partial charge in [0.05, 0.1) is 0 Å². The Morgan fingerprint density at radius 1 is 1.69 bits per heavy atom. The first-order valence-corrected chi connectivity index (χ1v) is 4.51. The number of carbonyl (C=O) groups excluding carboxylic acids is 2. The number of hydrogen-bond acceptors (Lipinski definition) is 2. The van der Waals surface area contributed by atoms with Crippen molar-refractivity contribution in [3.05, 3.63) is 12.3 Å². The van der Waals surface area contributed by atoms with Crippen LogP contribution in [0.4, 0.5) is 0 Å². The second kappa shape index (κ2) is 3.73. The first-order valence-electron chi connectivity index (χ1n) is 4.51. The average Bonchev–Trinajstić information content (AvgIpc) is 2.24. The SMILES string of the molecule is C=C1CC(C)C(=O)N1CCC(C)=O. The summed E-state index contributed by atoms with van der Waals surface area (Å²) in [5, 5.41) is 0. The number of rotatable bonds is 3. The Bertz CT molecular complexity index is 258. The van der Waals surface area contributed by atoms with Gasteiger partial charge in [0, 0.05) is 24.6 Å². The monoisotopic (exact) mass is 181 g/mol. The van der Waals surface area contributed by atoms with Crippen LogP contribution in [0, 0.1) is 5.92 Å². The summed E-state index contributed by atoms with van der Waals surface area (Å²) in [4.78, 5) is 23.8. The fourth-order valence-electron chi connectivity index (χ4n) is 1.51. The molecule has 72 valence electrons. The summed E-state index contributed by atoms with van der Waals surface area (Å²) in [5.74, 6) is 0.255. The van der Waals surface area contributed by atoms with Crippen molar-refractivity contribution in [3.8, 4) is 0 Å². The zero-order valence-electron chi connectivity index (χ0n) is 8.17. The third-order valence-electron chi connectivity index (χ3n) is 2.30. The highest BCUT2D eigenvalue weighted by Gasteiger charge is 2.30. The van der Waals surface area contributed by atoms with Crippen LogP contribution >= 0.6 is 0 Å². The van der Waals surface area contributed by atoms with Crippen molar-refractivity contribution in [3.63, 3.8) is 0 Å². The van der Waals surface area contributed by atoms with Crippen molar-refractivity contribution >= 4 is 11.7 Å². The van der Waals surface area contributed by atoms with E-state index in [0.29, 0.717) is 13.0 Å². The number of allylic oxidation sites excluding steroid dienone is 1. The van der Waals surface area contributed by atoms with Crippen LogP contribution in [0.5, 0.6) is 0 Å². The van der Waals surface area contributed by atoms with Gasteiger partial charge in [0.25, 0.3) is 0 Å². The first-order chi connectivity index (χ1) is 6.02. The lowest BCUT2D eigenvalue weighted by Crippen LogP contribution is -2.27. The van der Waals surface area contributed by atoms with Gasteiger partial charge in [-0.2, -0.15) is 0 Å². The van der Waals surface area contributed by atoms with Gasteiger partial charge >= 0.3 is 0 Å². The van der Waals surface area contributed by atoms with Gasteiger partial charge in [0.15, 0.2) is 0 Å². The normalized spacial score (nSPS) is 22.6. The molecule has 3 heteroatoms. The fourth-order valence-corrected chi connectivity index (χ4v) is 1.51. The molecular weight excluding hydrogens is 166 g/mol. The summed E-state index contributed by atoms with van der Waals surface area (Å²) >= 11 is 0. The van der Waals surface area contributed by atoms with Crippen molar-refractivity contribution in [2.24, 2.45) is 5.92 Å². The van der Waals surface area contributed by atoms with Gasteiger partial charge < -0.3 is 4.90 Å². The predicted molar refractivity (Wildman–Crippen MR) is 49.9 cm³/mol. The molecule has 1 aliphatic rings. The van der Waals surface area contributed by atoms with Crippen LogP contribution in [-0.4, -0.2) is 23.1 Å². The van der Waals surface area contributed by atoms with Crippen LogP contribution in [0.1, 0.15) is 26.7 Å². The molecule has 0 N–H and O–H groups in total. The highest BCUT2D eigenvalue weighted by Crippen LogP contribution is 2.25. The van der Waals surface area contributed by atoms with E-state index in [1.807, 2.05) is 6.92 Å². The van der Waals surface area contributed by atoms with E-state index in [2.05, 4.69) is 6.58 Å². The Labute approximate surface area is 78.4 Å². The predicted octanol–water partition coefficient (Wildman–Crippen LogP) is 1.35. The van der Waals surface area contributed by atoms with Crippen LogP contribution in [0.2, 0.25) is 0 Å². The van der Waals surface area contributed by atoms with Crippen molar-refractivity contribution in [2.75, 3.05) is 6.54 Å². The minimum atomic E-state index is 0.0412. The molecule has 0 aromatic heterocycles. The molecule has 3 nitrogen and oxygen atoms in total. The van der Waals surface area contributed by atoms with Crippen molar-refractivity contribution in [1.82, 2.24) is 4.90 Å². The van der Waals surface area contributed by atoms with E-state index in [9.17, 15) is 9.59 Å². The van der Waals surface area contributed by atoms with E-state index in [1.165, 1.54) is 6.92 Å². The summed E-state index contributed by atoms with van der Waals surface area (Å²) < 4.78 is 0. The topological polar surface area (TPSA) is 37.4 Å². The molecule has 1 aliphatic heterocycles. The van der Waals surface area contributed by atoms with Crippen LogP contribution in [0.25, 0.3) is 0 Å². The fraction of sp³-hybridized carbons (Fsp3) is 0.600.